The third-order valence-corrected chi connectivity index (χ3v) is 4.08. The molecule has 2 aromatic rings. The highest BCUT2D eigenvalue weighted by Crippen LogP contribution is 2.18. The Balaban J connectivity index is 1.87. The van der Waals surface area contributed by atoms with Crippen LogP contribution in [0.25, 0.3) is 5.69 Å². The summed E-state index contributed by atoms with van der Waals surface area (Å²) in [7, 11) is 0. The number of carbonyl (C=O) groups is 1. The van der Waals surface area contributed by atoms with Gasteiger partial charge in [0.05, 0.1) is 17.6 Å². The second kappa shape index (κ2) is 6.89. The minimum atomic E-state index is -0.435. The molecule has 2 heterocycles. The number of rotatable bonds is 4. The summed E-state index contributed by atoms with van der Waals surface area (Å²) in [6.45, 7) is 3.56. The Labute approximate surface area is 135 Å². The average Bonchev–Trinajstić information content (AvgIpc) is 3.03. The third-order valence-electron chi connectivity index (χ3n) is 4.08. The second-order valence-corrected chi connectivity index (χ2v) is 5.96. The number of hydrogen-bond acceptors (Lipinski definition) is 3. The topological polar surface area (TPSA) is 51.0 Å². The summed E-state index contributed by atoms with van der Waals surface area (Å²) < 4.78 is 15.5. The zero-order chi connectivity index (χ0) is 16.2. The fourth-order valence-corrected chi connectivity index (χ4v) is 2.90. The van der Waals surface area contributed by atoms with Crippen molar-refractivity contribution in [2.75, 3.05) is 13.1 Å². The maximum Gasteiger partial charge on any atom is 0.254 e. The number of halogens is 1. The van der Waals surface area contributed by atoms with Crippen molar-refractivity contribution in [1.82, 2.24) is 19.9 Å². The number of amides is 1. The summed E-state index contributed by atoms with van der Waals surface area (Å²) in [6, 6.07) is 4.35. The molecule has 1 fully saturated rings. The number of benzene rings is 1. The first-order chi connectivity index (χ1) is 11.2. The van der Waals surface area contributed by atoms with Crippen LogP contribution in [0.1, 0.15) is 48.7 Å². The molecular formula is C17H21FN4O. The van der Waals surface area contributed by atoms with Crippen LogP contribution < -0.4 is 0 Å². The van der Waals surface area contributed by atoms with Gasteiger partial charge in [0, 0.05) is 18.7 Å². The van der Waals surface area contributed by atoms with Crippen molar-refractivity contribution in [2.24, 2.45) is 0 Å². The highest BCUT2D eigenvalue weighted by molar-refractivity contribution is 5.94. The first-order valence-electron chi connectivity index (χ1n) is 8.19. The highest BCUT2D eigenvalue weighted by atomic mass is 19.1. The van der Waals surface area contributed by atoms with Gasteiger partial charge in [-0.25, -0.2) is 9.07 Å². The number of aromatic nitrogens is 3. The molecule has 1 saturated heterocycles. The number of nitrogens with zero attached hydrogens (tertiary/aromatic N) is 4. The molecule has 5 nitrogen and oxygen atoms in total. The molecule has 0 radical (unpaired) electrons. The lowest BCUT2D eigenvalue weighted by Crippen LogP contribution is -2.35. The van der Waals surface area contributed by atoms with E-state index in [1.807, 2.05) is 0 Å². The van der Waals surface area contributed by atoms with E-state index in [2.05, 4.69) is 17.2 Å². The molecule has 122 valence electrons. The van der Waals surface area contributed by atoms with Crippen LogP contribution in [-0.2, 0) is 6.42 Å². The Morgan fingerprint density at radius 2 is 2.00 bits per heavy atom. The summed E-state index contributed by atoms with van der Waals surface area (Å²) in [6.07, 6.45) is 6.76. The van der Waals surface area contributed by atoms with Gasteiger partial charge in [0.2, 0.25) is 0 Å². The van der Waals surface area contributed by atoms with Crippen LogP contribution in [0.2, 0.25) is 0 Å². The quantitative estimate of drug-likeness (QED) is 0.871. The Bertz CT molecular complexity index is 692. The second-order valence-electron chi connectivity index (χ2n) is 5.96. The summed E-state index contributed by atoms with van der Waals surface area (Å²) in [5.74, 6) is -0.547. The van der Waals surface area contributed by atoms with Crippen molar-refractivity contribution in [3.05, 3.63) is 41.5 Å². The molecule has 0 bridgehead atoms. The monoisotopic (exact) mass is 316 g/mol. The van der Waals surface area contributed by atoms with Gasteiger partial charge in [0.25, 0.3) is 5.91 Å². The van der Waals surface area contributed by atoms with Crippen LogP contribution in [0.15, 0.2) is 24.4 Å². The predicted molar refractivity (Wildman–Crippen MR) is 85.1 cm³/mol. The van der Waals surface area contributed by atoms with Gasteiger partial charge in [-0.1, -0.05) is 18.6 Å². The molecular weight excluding hydrogens is 295 g/mol. The molecule has 0 spiro atoms. The Kier molecular flexibility index (Phi) is 4.69. The zero-order valence-corrected chi connectivity index (χ0v) is 13.3. The van der Waals surface area contributed by atoms with E-state index < -0.39 is 5.82 Å². The molecule has 0 unspecified atom stereocenters. The van der Waals surface area contributed by atoms with E-state index in [9.17, 15) is 9.18 Å². The van der Waals surface area contributed by atoms with Crippen LogP contribution in [-0.4, -0.2) is 38.9 Å². The van der Waals surface area contributed by atoms with Crippen LogP contribution in [0.3, 0.4) is 0 Å². The van der Waals surface area contributed by atoms with Crippen LogP contribution in [0.4, 0.5) is 4.39 Å². The summed E-state index contributed by atoms with van der Waals surface area (Å²) >= 11 is 0. The highest BCUT2D eigenvalue weighted by Gasteiger charge is 2.19. The fraction of sp³-hybridized carbons (Fsp3) is 0.471. The van der Waals surface area contributed by atoms with Gasteiger partial charge in [-0.15, -0.1) is 5.10 Å². The largest absolute Gasteiger partial charge is 0.339 e. The Morgan fingerprint density at radius 3 is 2.74 bits per heavy atom. The molecule has 1 aromatic heterocycles. The van der Waals surface area contributed by atoms with Crippen LogP contribution >= 0.6 is 0 Å². The van der Waals surface area contributed by atoms with Gasteiger partial charge in [0.1, 0.15) is 5.82 Å². The molecule has 6 heteroatoms. The van der Waals surface area contributed by atoms with E-state index in [0.717, 1.165) is 50.9 Å². The molecule has 0 aliphatic carbocycles. The number of piperidine rings is 1. The lowest BCUT2D eigenvalue weighted by atomic mass is 10.1. The van der Waals surface area contributed by atoms with Crippen molar-refractivity contribution >= 4 is 5.91 Å². The number of likely N-dealkylation sites (tertiary alicyclic amines) is 1. The first-order valence-corrected chi connectivity index (χ1v) is 8.19. The van der Waals surface area contributed by atoms with Crippen molar-refractivity contribution in [3.8, 4) is 5.69 Å². The summed E-state index contributed by atoms with van der Waals surface area (Å²) in [5.41, 5.74) is 1.76. The molecule has 1 amide bonds. The average molecular weight is 316 g/mol. The predicted octanol–water partition coefficient (Wildman–Crippen LogP) is 2.99. The number of hydrogen-bond donors (Lipinski definition) is 0. The molecule has 1 aromatic carbocycles. The SMILES string of the molecule is CCCc1cn(-c2cc(F)cc(C(=O)N3CCCCC3)c2)nn1. The van der Waals surface area contributed by atoms with E-state index in [1.165, 1.54) is 16.8 Å². The number of carbonyl (C=O) groups excluding carboxylic acids is 1. The molecule has 1 aliphatic rings. The van der Waals surface area contributed by atoms with Gasteiger partial charge in [0.15, 0.2) is 0 Å². The standard InChI is InChI=1S/C17H21FN4O/c1-2-6-15-12-22(20-19-15)16-10-13(9-14(18)11-16)17(23)21-7-4-3-5-8-21/h9-12H,2-8H2,1H3. The van der Waals surface area contributed by atoms with Crippen LogP contribution in [0, 0.1) is 5.82 Å². The summed E-state index contributed by atoms with van der Waals surface area (Å²) in [5, 5.41) is 8.11. The van der Waals surface area contributed by atoms with Crippen molar-refractivity contribution in [1.29, 1.82) is 0 Å². The van der Waals surface area contributed by atoms with Gasteiger partial charge in [-0.2, -0.15) is 0 Å². The first kappa shape index (κ1) is 15.6. The normalized spacial score (nSPS) is 15.0. The lowest BCUT2D eigenvalue weighted by molar-refractivity contribution is 0.0724. The molecule has 0 atom stereocenters. The van der Waals surface area contributed by atoms with Crippen molar-refractivity contribution in [2.45, 2.75) is 39.0 Å². The van der Waals surface area contributed by atoms with E-state index in [1.54, 1.807) is 17.2 Å². The van der Waals surface area contributed by atoms with Gasteiger partial charge < -0.3 is 4.90 Å². The zero-order valence-electron chi connectivity index (χ0n) is 13.3. The smallest absolute Gasteiger partial charge is 0.254 e. The van der Waals surface area contributed by atoms with Gasteiger partial charge in [-0.05, 0) is 43.9 Å². The minimum absolute atomic E-state index is 0.112. The van der Waals surface area contributed by atoms with Crippen LogP contribution in [0.5, 0.6) is 0 Å². The fourth-order valence-electron chi connectivity index (χ4n) is 2.90. The van der Waals surface area contributed by atoms with Gasteiger partial charge in [-0.3, -0.25) is 4.79 Å². The summed E-state index contributed by atoms with van der Waals surface area (Å²) in [4.78, 5) is 14.4. The maximum absolute atomic E-state index is 14.0. The molecule has 3 rings (SSSR count). The Morgan fingerprint density at radius 1 is 1.22 bits per heavy atom. The molecule has 23 heavy (non-hydrogen) atoms. The minimum Gasteiger partial charge on any atom is -0.339 e. The van der Waals surface area contributed by atoms with E-state index >= 15 is 0 Å². The molecule has 0 saturated carbocycles. The van der Waals surface area contributed by atoms with Gasteiger partial charge >= 0.3 is 0 Å². The lowest BCUT2D eigenvalue weighted by Gasteiger charge is -2.26. The van der Waals surface area contributed by atoms with Crippen molar-refractivity contribution < 1.29 is 9.18 Å². The molecule has 0 N–H and O–H groups in total. The number of aryl methyl sites for hydroxylation is 1. The van der Waals surface area contributed by atoms with Crippen molar-refractivity contribution in [3.63, 3.8) is 0 Å². The van der Waals surface area contributed by atoms with E-state index in [0.29, 0.717) is 11.3 Å². The molecule has 1 aliphatic heterocycles. The maximum atomic E-state index is 14.0. The Hall–Kier alpha value is -2.24. The third kappa shape index (κ3) is 3.57. The van der Waals surface area contributed by atoms with E-state index in [4.69, 9.17) is 0 Å². The van der Waals surface area contributed by atoms with E-state index in [-0.39, 0.29) is 5.91 Å².